The summed E-state index contributed by atoms with van der Waals surface area (Å²) in [5.74, 6) is -0.382. The number of hydrogen-bond donors (Lipinski definition) is 3. The van der Waals surface area contributed by atoms with Crippen LogP contribution in [-0.4, -0.2) is 34.9 Å². The topological polar surface area (TPSA) is 69.6 Å². The lowest BCUT2D eigenvalue weighted by atomic mass is 10.0. The van der Waals surface area contributed by atoms with Crippen molar-refractivity contribution in [2.75, 3.05) is 13.2 Å². The Morgan fingerprint density at radius 2 is 2.06 bits per heavy atom. The number of amides is 1. The molecule has 0 atom stereocenters. The molecule has 0 aliphatic heterocycles. The van der Waals surface area contributed by atoms with Crippen molar-refractivity contribution in [3.8, 4) is 0 Å². The van der Waals surface area contributed by atoms with Crippen LogP contribution >= 0.6 is 27.5 Å². The zero-order valence-electron chi connectivity index (χ0n) is 9.20. The van der Waals surface area contributed by atoms with Crippen molar-refractivity contribution in [2.24, 2.45) is 0 Å². The number of rotatable bonds is 4. The van der Waals surface area contributed by atoms with E-state index in [9.17, 15) is 4.79 Å². The van der Waals surface area contributed by atoms with Gasteiger partial charge < -0.3 is 15.5 Å². The highest BCUT2D eigenvalue weighted by atomic mass is 79.9. The smallest absolute Gasteiger partial charge is 0.251 e. The zero-order valence-corrected chi connectivity index (χ0v) is 11.5. The van der Waals surface area contributed by atoms with E-state index in [2.05, 4.69) is 21.2 Å². The lowest BCUT2D eigenvalue weighted by molar-refractivity contribution is 0.0724. The first kappa shape index (κ1) is 14.4. The first-order valence-electron chi connectivity index (χ1n) is 4.91. The van der Waals surface area contributed by atoms with Gasteiger partial charge in [0.1, 0.15) is 0 Å². The van der Waals surface area contributed by atoms with Crippen LogP contribution in [0.2, 0.25) is 5.02 Å². The summed E-state index contributed by atoms with van der Waals surface area (Å²) in [5.41, 5.74) is -0.641. The van der Waals surface area contributed by atoms with Crippen LogP contribution in [0.5, 0.6) is 0 Å². The zero-order chi connectivity index (χ0) is 13.1. The minimum absolute atomic E-state index is 0.343. The fourth-order valence-corrected chi connectivity index (χ4v) is 1.61. The van der Waals surface area contributed by atoms with Gasteiger partial charge in [-0.3, -0.25) is 4.79 Å². The third-order valence-corrected chi connectivity index (χ3v) is 3.51. The molecular formula is C11H13BrClNO3. The highest BCUT2D eigenvalue weighted by molar-refractivity contribution is 9.10. The van der Waals surface area contributed by atoms with Crippen LogP contribution < -0.4 is 5.32 Å². The molecule has 1 aromatic rings. The molecule has 0 bridgehead atoms. The second-order valence-corrected chi connectivity index (χ2v) is 5.22. The quantitative estimate of drug-likeness (QED) is 0.788. The molecule has 94 valence electrons. The second-order valence-electron chi connectivity index (χ2n) is 3.96. The molecule has 3 N–H and O–H groups in total. The van der Waals surface area contributed by atoms with Gasteiger partial charge in [-0.15, -0.1) is 0 Å². The maximum atomic E-state index is 11.8. The van der Waals surface area contributed by atoms with E-state index in [1.807, 2.05) is 0 Å². The Balaban J connectivity index is 2.86. The number of carbonyl (C=O) groups excluding carboxylic acids is 1. The van der Waals surface area contributed by atoms with Gasteiger partial charge >= 0.3 is 0 Å². The first-order valence-corrected chi connectivity index (χ1v) is 6.08. The van der Waals surface area contributed by atoms with Crippen molar-refractivity contribution in [3.63, 3.8) is 0 Å². The molecule has 1 rings (SSSR count). The number of benzene rings is 1. The Morgan fingerprint density at radius 1 is 1.47 bits per heavy atom. The molecule has 0 heterocycles. The van der Waals surface area contributed by atoms with E-state index in [0.717, 1.165) is 0 Å². The first-order chi connectivity index (χ1) is 7.91. The largest absolute Gasteiger partial charge is 0.394 e. The van der Waals surface area contributed by atoms with Crippen molar-refractivity contribution in [1.29, 1.82) is 0 Å². The highest BCUT2D eigenvalue weighted by Crippen LogP contribution is 2.23. The Hall–Kier alpha value is -0.620. The molecule has 0 aliphatic rings. The van der Waals surface area contributed by atoms with Crippen LogP contribution in [0.25, 0.3) is 0 Å². The molecule has 17 heavy (non-hydrogen) atoms. The third-order valence-electron chi connectivity index (χ3n) is 2.30. The van der Waals surface area contributed by atoms with E-state index in [0.29, 0.717) is 15.1 Å². The SMILES string of the molecule is CC(CO)(CO)NC(=O)c1ccc(Cl)c(Br)c1. The Kier molecular flexibility index (Phi) is 4.94. The minimum Gasteiger partial charge on any atom is -0.394 e. The monoisotopic (exact) mass is 321 g/mol. The average molecular weight is 323 g/mol. The third kappa shape index (κ3) is 3.67. The molecule has 0 unspecified atom stereocenters. The Labute approximate surface area is 113 Å². The molecular weight excluding hydrogens is 309 g/mol. The molecule has 6 heteroatoms. The number of nitrogens with one attached hydrogen (secondary N) is 1. The summed E-state index contributed by atoms with van der Waals surface area (Å²) >= 11 is 9.03. The van der Waals surface area contributed by atoms with Gasteiger partial charge in [-0.1, -0.05) is 11.6 Å². The van der Waals surface area contributed by atoms with Crippen molar-refractivity contribution >= 4 is 33.4 Å². The van der Waals surface area contributed by atoms with Crippen LogP contribution in [0.4, 0.5) is 0 Å². The van der Waals surface area contributed by atoms with Crippen LogP contribution in [0, 0.1) is 0 Å². The minimum atomic E-state index is -1.04. The molecule has 1 aromatic carbocycles. The number of aliphatic hydroxyl groups excluding tert-OH is 2. The van der Waals surface area contributed by atoms with Gasteiger partial charge in [0.15, 0.2) is 0 Å². The maximum absolute atomic E-state index is 11.8. The number of hydrogen-bond acceptors (Lipinski definition) is 3. The predicted molar refractivity (Wildman–Crippen MR) is 69.2 cm³/mol. The van der Waals surface area contributed by atoms with Crippen molar-refractivity contribution in [2.45, 2.75) is 12.5 Å². The summed E-state index contributed by atoms with van der Waals surface area (Å²) in [4.78, 5) is 11.8. The average Bonchev–Trinajstić information content (AvgIpc) is 2.32. The van der Waals surface area contributed by atoms with Crippen molar-refractivity contribution in [1.82, 2.24) is 5.32 Å². The van der Waals surface area contributed by atoms with Crippen LogP contribution in [0.1, 0.15) is 17.3 Å². The highest BCUT2D eigenvalue weighted by Gasteiger charge is 2.25. The van der Waals surface area contributed by atoms with E-state index in [-0.39, 0.29) is 19.1 Å². The molecule has 0 fully saturated rings. The van der Waals surface area contributed by atoms with E-state index >= 15 is 0 Å². The standard InChI is InChI=1S/C11H13BrClNO3/c1-11(5-15,6-16)14-10(17)7-2-3-9(13)8(12)4-7/h2-4,15-16H,5-6H2,1H3,(H,14,17). The maximum Gasteiger partial charge on any atom is 0.251 e. The number of carbonyl (C=O) groups is 1. The summed E-state index contributed by atoms with van der Waals surface area (Å²) < 4.78 is 0.613. The van der Waals surface area contributed by atoms with Gasteiger partial charge in [-0.25, -0.2) is 0 Å². The van der Waals surface area contributed by atoms with Gasteiger partial charge in [-0.2, -0.15) is 0 Å². The summed E-state index contributed by atoms with van der Waals surface area (Å²) in [6.07, 6.45) is 0. The van der Waals surface area contributed by atoms with E-state index in [4.69, 9.17) is 21.8 Å². The molecule has 1 amide bonds. The van der Waals surface area contributed by atoms with Crippen LogP contribution in [0.3, 0.4) is 0 Å². The number of aliphatic hydroxyl groups is 2. The van der Waals surface area contributed by atoms with Gasteiger partial charge in [0.05, 0.1) is 23.8 Å². The van der Waals surface area contributed by atoms with Crippen LogP contribution in [-0.2, 0) is 0 Å². The predicted octanol–water partition coefficient (Wildman–Crippen LogP) is 1.58. The van der Waals surface area contributed by atoms with Crippen molar-refractivity contribution < 1.29 is 15.0 Å². The van der Waals surface area contributed by atoms with E-state index < -0.39 is 5.54 Å². The molecule has 0 spiro atoms. The summed E-state index contributed by atoms with van der Waals surface area (Å²) in [5, 5.41) is 21.2. The molecule has 0 radical (unpaired) electrons. The summed E-state index contributed by atoms with van der Waals surface area (Å²) in [7, 11) is 0. The molecule has 0 saturated carbocycles. The van der Waals surface area contributed by atoms with E-state index in [1.165, 1.54) is 0 Å². The van der Waals surface area contributed by atoms with Crippen LogP contribution in [0.15, 0.2) is 22.7 Å². The summed E-state index contributed by atoms with van der Waals surface area (Å²) in [6.45, 7) is 0.865. The van der Waals surface area contributed by atoms with Gasteiger partial charge in [0, 0.05) is 10.0 Å². The normalized spacial score (nSPS) is 11.4. The Morgan fingerprint density at radius 3 is 2.53 bits per heavy atom. The molecule has 0 aliphatic carbocycles. The van der Waals surface area contributed by atoms with Gasteiger partial charge in [0.2, 0.25) is 0 Å². The number of halogens is 2. The second kappa shape index (κ2) is 5.82. The lowest BCUT2D eigenvalue weighted by Crippen LogP contribution is -2.51. The molecule has 0 aromatic heterocycles. The fraction of sp³-hybridized carbons (Fsp3) is 0.364. The van der Waals surface area contributed by atoms with Crippen molar-refractivity contribution in [3.05, 3.63) is 33.3 Å². The van der Waals surface area contributed by atoms with E-state index in [1.54, 1.807) is 25.1 Å². The van der Waals surface area contributed by atoms with Gasteiger partial charge in [-0.05, 0) is 41.1 Å². The lowest BCUT2D eigenvalue weighted by Gasteiger charge is -2.26. The van der Waals surface area contributed by atoms with Gasteiger partial charge in [0.25, 0.3) is 5.91 Å². The summed E-state index contributed by atoms with van der Waals surface area (Å²) in [6, 6.07) is 4.74. The molecule has 4 nitrogen and oxygen atoms in total. The molecule has 0 saturated heterocycles. The fourth-order valence-electron chi connectivity index (χ4n) is 1.11. The Bertz CT molecular complexity index is 421.